The highest BCUT2D eigenvalue weighted by atomic mass is 16.6. The molecule has 1 atom stereocenters. The van der Waals surface area contributed by atoms with Crippen molar-refractivity contribution in [3.63, 3.8) is 0 Å². The van der Waals surface area contributed by atoms with E-state index in [1.165, 1.54) is 13.0 Å². The molecule has 6 heteroatoms. The van der Waals surface area contributed by atoms with Crippen LogP contribution in [0.5, 0.6) is 0 Å². The summed E-state index contributed by atoms with van der Waals surface area (Å²) in [6, 6.07) is 4.99. The van der Waals surface area contributed by atoms with Crippen LogP contribution in [0.25, 0.3) is 0 Å². The molecule has 1 aliphatic heterocycles. The number of nitrogens with zero attached hydrogens (tertiary/aromatic N) is 3. The standard InChI is InChI=1S/C16H23N3O3/c1-4-17-8-5-9-18(12(2)11-17)15-7-6-14(13(3)20)10-16(15)19(21)22/h6-7,10,12H,4-5,8-9,11H2,1-3H3/t12-/m0/s1. The number of hydrogen-bond donors (Lipinski definition) is 0. The number of nitro benzene ring substituents is 1. The molecule has 1 aromatic carbocycles. The normalized spacial score (nSPS) is 19.8. The summed E-state index contributed by atoms with van der Waals surface area (Å²) in [5.74, 6) is -0.157. The zero-order chi connectivity index (χ0) is 16.3. The summed E-state index contributed by atoms with van der Waals surface area (Å²) in [4.78, 5) is 26.9. The second-order valence-corrected chi connectivity index (χ2v) is 5.81. The molecular weight excluding hydrogens is 282 g/mol. The average Bonchev–Trinajstić information content (AvgIpc) is 2.67. The van der Waals surface area contributed by atoms with Gasteiger partial charge < -0.3 is 9.80 Å². The van der Waals surface area contributed by atoms with Gasteiger partial charge in [0.2, 0.25) is 0 Å². The van der Waals surface area contributed by atoms with Crippen molar-refractivity contribution >= 4 is 17.2 Å². The molecule has 0 bridgehead atoms. The number of likely N-dealkylation sites (N-methyl/N-ethyl adjacent to an activating group) is 1. The number of carbonyl (C=O) groups is 1. The van der Waals surface area contributed by atoms with Gasteiger partial charge in [0, 0.05) is 30.8 Å². The molecule has 0 radical (unpaired) electrons. The van der Waals surface area contributed by atoms with Crippen LogP contribution in [-0.4, -0.2) is 47.8 Å². The van der Waals surface area contributed by atoms with E-state index in [-0.39, 0.29) is 17.5 Å². The van der Waals surface area contributed by atoms with Crippen molar-refractivity contribution in [1.82, 2.24) is 4.90 Å². The van der Waals surface area contributed by atoms with Crippen LogP contribution in [0.2, 0.25) is 0 Å². The predicted molar refractivity (Wildman–Crippen MR) is 86.6 cm³/mol. The molecule has 1 aliphatic rings. The first-order valence-corrected chi connectivity index (χ1v) is 7.72. The van der Waals surface area contributed by atoms with Gasteiger partial charge in [0.25, 0.3) is 5.69 Å². The van der Waals surface area contributed by atoms with Crippen LogP contribution in [0.15, 0.2) is 18.2 Å². The van der Waals surface area contributed by atoms with Crippen LogP contribution >= 0.6 is 0 Å². The van der Waals surface area contributed by atoms with Gasteiger partial charge in [-0.1, -0.05) is 6.92 Å². The predicted octanol–water partition coefficient (Wildman–Crippen LogP) is 2.72. The van der Waals surface area contributed by atoms with Crippen LogP contribution in [0.3, 0.4) is 0 Å². The summed E-state index contributed by atoms with van der Waals surface area (Å²) in [6.07, 6.45) is 0.976. The molecule has 0 aromatic heterocycles. The first-order chi connectivity index (χ1) is 10.4. The third kappa shape index (κ3) is 3.44. The Morgan fingerprint density at radius 2 is 2.14 bits per heavy atom. The lowest BCUT2D eigenvalue weighted by Gasteiger charge is -2.30. The fourth-order valence-corrected chi connectivity index (χ4v) is 3.03. The number of Topliss-reactive ketones (excluding diaryl/α,β-unsaturated/α-hetero) is 1. The van der Waals surface area contributed by atoms with Gasteiger partial charge in [-0.25, -0.2) is 0 Å². The van der Waals surface area contributed by atoms with Crippen molar-refractivity contribution in [1.29, 1.82) is 0 Å². The third-order valence-corrected chi connectivity index (χ3v) is 4.26. The van der Waals surface area contributed by atoms with Crippen molar-refractivity contribution in [2.75, 3.05) is 31.1 Å². The average molecular weight is 305 g/mol. The molecule has 120 valence electrons. The summed E-state index contributed by atoms with van der Waals surface area (Å²) < 4.78 is 0. The van der Waals surface area contributed by atoms with Gasteiger partial charge in [-0.2, -0.15) is 0 Å². The van der Waals surface area contributed by atoms with Gasteiger partial charge in [-0.05, 0) is 45.5 Å². The van der Waals surface area contributed by atoms with Gasteiger partial charge >= 0.3 is 0 Å². The molecule has 0 aliphatic carbocycles. The van der Waals surface area contributed by atoms with Crippen LogP contribution in [0, 0.1) is 10.1 Å². The van der Waals surface area contributed by atoms with Crippen molar-refractivity contribution in [3.8, 4) is 0 Å². The molecular formula is C16H23N3O3. The number of carbonyl (C=O) groups excluding carboxylic acids is 1. The van der Waals surface area contributed by atoms with E-state index in [4.69, 9.17) is 0 Å². The first-order valence-electron chi connectivity index (χ1n) is 7.72. The molecule has 2 rings (SSSR count). The summed E-state index contributed by atoms with van der Waals surface area (Å²) >= 11 is 0. The Morgan fingerprint density at radius 1 is 1.41 bits per heavy atom. The Labute approximate surface area is 130 Å². The lowest BCUT2D eigenvalue weighted by Crippen LogP contribution is -2.39. The van der Waals surface area contributed by atoms with Crippen LogP contribution in [0.4, 0.5) is 11.4 Å². The number of ketones is 1. The molecule has 1 heterocycles. The molecule has 22 heavy (non-hydrogen) atoms. The maximum absolute atomic E-state index is 11.5. The van der Waals surface area contributed by atoms with Crippen LogP contribution in [0.1, 0.15) is 37.6 Å². The van der Waals surface area contributed by atoms with E-state index in [0.29, 0.717) is 11.3 Å². The SMILES string of the molecule is CCN1CCCN(c2ccc(C(C)=O)cc2[N+](=O)[O-])[C@@H](C)C1. The molecule has 0 saturated carbocycles. The highest BCUT2D eigenvalue weighted by Gasteiger charge is 2.27. The first kappa shape index (κ1) is 16.4. The minimum Gasteiger partial charge on any atom is -0.362 e. The quantitative estimate of drug-likeness (QED) is 0.486. The number of hydrogen-bond acceptors (Lipinski definition) is 5. The number of benzene rings is 1. The fraction of sp³-hybridized carbons (Fsp3) is 0.562. The molecule has 0 spiro atoms. The lowest BCUT2D eigenvalue weighted by molar-refractivity contribution is -0.384. The molecule has 1 fully saturated rings. The Morgan fingerprint density at radius 3 is 2.73 bits per heavy atom. The minimum absolute atomic E-state index is 0.0181. The lowest BCUT2D eigenvalue weighted by atomic mass is 10.1. The largest absolute Gasteiger partial charge is 0.362 e. The summed E-state index contributed by atoms with van der Waals surface area (Å²) in [5.41, 5.74) is 1.01. The van der Waals surface area contributed by atoms with E-state index in [1.54, 1.807) is 12.1 Å². The van der Waals surface area contributed by atoms with Crippen molar-refractivity contribution in [2.45, 2.75) is 33.2 Å². The highest BCUT2D eigenvalue weighted by molar-refractivity contribution is 5.95. The highest BCUT2D eigenvalue weighted by Crippen LogP contribution is 2.32. The Kier molecular flexibility index (Phi) is 5.13. The Bertz CT molecular complexity index is 574. The van der Waals surface area contributed by atoms with E-state index in [1.807, 2.05) is 0 Å². The molecule has 0 unspecified atom stereocenters. The smallest absolute Gasteiger partial charge is 0.293 e. The van der Waals surface area contributed by atoms with Crippen molar-refractivity contribution < 1.29 is 9.72 Å². The van der Waals surface area contributed by atoms with E-state index in [9.17, 15) is 14.9 Å². The molecule has 1 aromatic rings. The fourth-order valence-electron chi connectivity index (χ4n) is 3.03. The van der Waals surface area contributed by atoms with E-state index >= 15 is 0 Å². The van der Waals surface area contributed by atoms with Crippen LogP contribution < -0.4 is 4.90 Å². The topological polar surface area (TPSA) is 66.7 Å². The monoisotopic (exact) mass is 305 g/mol. The second kappa shape index (κ2) is 6.87. The van der Waals surface area contributed by atoms with Gasteiger partial charge in [-0.15, -0.1) is 0 Å². The maximum atomic E-state index is 11.5. The van der Waals surface area contributed by atoms with Crippen molar-refractivity contribution in [2.24, 2.45) is 0 Å². The van der Waals surface area contributed by atoms with E-state index < -0.39 is 4.92 Å². The van der Waals surface area contributed by atoms with Gasteiger partial charge in [-0.3, -0.25) is 14.9 Å². The Balaban J connectivity index is 2.38. The maximum Gasteiger partial charge on any atom is 0.293 e. The number of nitro groups is 1. The van der Waals surface area contributed by atoms with E-state index in [2.05, 4.69) is 23.6 Å². The number of rotatable bonds is 4. The number of anilines is 1. The van der Waals surface area contributed by atoms with Crippen molar-refractivity contribution in [3.05, 3.63) is 33.9 Å². The zero-order valence-electron chi connectivity index (χ0n) is 13.4. The minimum atomic E-state index is -0.392. The molecule has 0 N–H and O–H groups in total. The molecule has 1 saturated heterocycles. The molecule has 6 nitrogen and oxygen atoms in total. The van der Waals surface area contributed by atoms with Crippen LogP contribution in [-0.2, 0) is 0 Å². The summed E-state index contributed by atoms with van der Waals surface area (Å²) in [6.45, 7) is 9.33. The molecule has 0 amide bonds. The second-order valence-electron chi connectivity index (χ2n) is 5.81. The Hall–Kier alpha value is -1.95. The van der Waals surface area contributed by atoms with E-state index in [0.717, 1.165) is 32.6 Å². The zero-order valence-corrected chi connectivity index (χ0v) is 13.4. The van der Waals surface area contributed by atoms with Gasteiger partial charge in [0.15, 0.2) is 5.78 Å². The van der Waals surface area contributed by atoms with Gasteiger partial charge in [0.1, 0.15) is 5.69 Å². The summed E-state index contributed by atoms with van der Waals surface area (Å²) in [7, 11) is 0. The van der Waals surface area contributed by atoms with Gasteiger partial charge in [0.05, 0.1) is 4.92 Å². The summed E-state index contributed by atoms with van der Waals surface area (Å²) in [5, 5.41) is 11.4. The third-order valence-electron chi connectivity index (χ3n) is 4.26.